The Morgan fingerprint density at radius 1 is 0.704 bits per heavy atom. The van der Waals surface area contributed by atoms with E-state index in [-0.39, 0.29) is 5.75 Å². The van der Waals surface area contributed by atoms with Crippen LogP contribution in [-0.2, 0) is 0 Å². The Kier molecular flexibility index (Phi) is 9.83. The summed E-state index contributed by atoms with van der Waals surface area (Å²) in [5.41, 5.74) is 1.28. The molecule has 0 bridgehead atoms. The summed E-state index contributed by atoms with van der Waals surface area (Å²) in [5, 5.41) is 10.1. The van der Waals surface area contributed by atoms with Crippen LogP contribution in [0.2, 0.25) is 0 Å². The van der Waals surface area contributed by atoms with E-state index in [0.29, 0.717) is 11.7 Å². The van der Waals surface area contributed by atoms with Gasteiger partial charge in [0.1, 0.15) is 5.75 Å². The number of para-hydroxylation sites is 3. The lowest BCUT2D eigenvalue weighted by Crippen LogP contribution is -2.02. The van der Waals surface area contributed by atoms with Gasteiger partial charge < -0.3 is 9.84 Å². The van der Waals surface area contributed by atoms with Gasteiger partial charge in [-0.3, -0.25) is 0 Å². The Morgan fingerprint density at radius 2 is 1.30 bits per heavy atom. The fraction of sp³-hybridized carbons (Fsp3) is 0.520. The molecule has 2 nitrogen and oxygen atoms in total. The SMILES string of the molecule is CCCCCCCCC(CCCC)c1ccccc1Oc1ccccc1O. The average molecular weight is 369 g/mol. The van der Waals surface area contributed by atoms with Crippen LogP contribution >= 0.6 is 0 Å². The first kappa shape index (κ1) is 21.3. The number of aromatic hydroxyl groups is 1. The van der Waals surface area contributed by atoms with Gasteiger partial charge in [-0.05, 0) is 42.5 Å². The predicted octanol–water partition coefficient (Wildman–Crippen LogP) is 8.21. The molecule has 0 amide bonds. The minimum Gasteiger partial charge on any atom is -0.504 e. The van der Waals surface area contributed by atoms with Gasteiger partial charge in [0.25, 0.3) is 0 Å². The average Bonchev–Trinajstić information content (AvgIpc) is 2.69. The number of phenolic OH excluding ortho intramolecular Hbond substituents is 1. The van der Waals surface area contributed by atoms with Crippen molar-refractivity contribution in [1.29, 1.82) is 0 Å². The van der Waals surface area contributed by atoms with Gasteiger partial charge in [-0.15, -0.1) is 0 Å². The van der Waals surface area contributed by atoms with Crippen LogP contribution in [0.1, 0.15) is 89.5 Å². The molecule has 0 aliphatic rings. The molecular formula is C25H36O2. The number of phenols is 1. The van der Waals surface area contributed by atoms with Gasteiger partial charge in [-0.2, -0.15) is 0 Å². The van der Waals surface area contributed by atoms with Gasteiger partial charge in [0.05, 0.1) is 0 Å². The van der Waals surface area contributed by atoms with Crippen LogP contribution < -0.4 is 4.74 Å². The van der Waals surface area contributed by atoms with E-state index in [2.05, 4.69) is 26.0 Å². The third kappa shape index (κ3) is 7.28. The molecule has 0 radical (unpaired) electrons. The molecule has 27 heavy (non-hydrogen) atoms. The number of unbranched alkanes of at least 4 members (excludes halogenated alkanes) is 6. The first-order chi connectivity index (χ1) is 13.3. The van der Waals surface area contributed by atoms with Crippen molar-refractivity contribution < 1.29 is 9.84 Å². The lowest BCUT2D eigenvalue weighted by Gasteiger charge is -2.21. The second-order valence-corrected chi connectivity index (χ2v) is 7.50. The van der Waals surface area contributed by atoms with Gasteiger partial charge in [0.2, 0.25) is 0 Å². The van der Waals surface area contributed by atoms with Gasteiger partial charge in [0.15, 0.2) is 11.5 Å². The molecule has 0 saturated heterocycles. The Bertz CT molecular complexity index is 650. The van der Waals surface area contributed by atoms with Crippen molar-refractivity contribution in [2.75, 3.05) is 0 Å². The zero-order valence-corrected chi connectivity index (χ0v) is 17.1. The second kappa shape index (κ2) is 12.4. The maximum absolute atomic E-state index is 10.1. The molecule has 0 heterocycles. The zero-order chi connectivity index (χ0) is 19.3. The van der Waals surface area contributed by atoms with Crippen molar-refractivity contribution in [1.82, 2.24) is 0 Å². The smallest absolute Gasteiger partial charge is 0.169 e. The van der Waals surface area contributed by atoms with E-state index in [4.69, 9.17) is 4.74 Å². The number of hydrogen-bond donors (Lipinski definition) is 1. The van der Waals surface area contributed by atoms with Crippen LogP contribution in [0.25, 0.3) is 0 Å². The quantitative estimate of drug-likeness (QED) is 0.361. The molecule has 2 rings (SSSR count). The molecule has 2 aromatic carbocycles. The van der Waals surface area contributed by atoms with Crippen molar-refractivity contribution >= 4 is 0 Å². The molecule has 0 aromatic heterocycles. The highest BCUT2D eigenvalue weighted by atomic mass is 16.5. The first-order valence-electron chi connectivity index (χ1n) is 10.8. The van der Waals surface area contributed by atoms with Crippen LogP contribution in [0.3, 0.4) is 0 Å². The molecule has 0 saturated carbocycles. The highest BCUT2D eigenvalue weighted by Gasteiger charge is 2.17. The van der Waals surface area contributed by atoms with Crippen LogP contribution in [-0.4, -0.2) is 5.11 Å². The maximum Gasteiger partial charge on any atom is 0.169 e. The lowest BCUT2D eigenvalue weighted by atomic mass is 9.88. The number of rotatable bonds is 13. The van der Waals surface area contributed by atoms with Crippen LogP contribution in [0, 0.1) is 0 Å². The molecule has 0 aliphatic carbocycles. The van der Waals surface area contributed by atoms with E-state index < -0.39 is 0 Å². The topological polar surface area (TPSA) is 29.5 Å². The zero-order valence-electron chi connectivity index (χ0n) is 17.1. The third-order valence-corrected chi connectivity index (χ3v) is 5.26. The predicted molar refractivity (Wildman–Crippen MR) is 115 cm³/mol. The molecule has 1 unspecified atom stereocenters. The summed E-state index contributed by atoms with van der Waals surface area (Å²) < 4.78 is 6.11. The summed E-state index contributed by atoms with van der Waals surface area (Å²) in [5.74, 6) is 2.12. The van der Waals surface area contributed by atoms with E-state index in [9.17, 15) is 5.11 Å². The monoisotopic (exact) mass is 368 g/mol. The fourth-order valence-corrected chi connectivity index (χ4v) is 3.65. The van der Waals surface area contributed by atoms with Crippen molar-refractivity contribution in [2.45, 2.75) is 84.0 Å². The summed E-state index contributed by atoms with van der Waals surface area (Å²) in [6, 6.07) is 15.5. The highest BCUT2D eigenvalue weighted by molar-refractivity contribution is 5.45. The summed E-state index contributed by atoms with van der Waals surface area (Å²) in [7, 11) is 0. The van der Waals surface area contributed by atoms with E-state index in [1.165, 1.54) is 69.8 Å². The summed E-state index contributed by atoms with van der Waals surface area (Å²) in [6.07, 6.45) is 12.9. The molecule has 0 spiro atoms. The van der Waals surface area contributed by atoms with Crippen molar-refractivity contribution in [2.24, 2.45) is 0 Å². The van der Waals surface area contributed by atoms with Crippen molar-refractivity contribution in [3.05, 3.63) is 54.1 Å². The van der Waals surface area contributed by atoms with Gasteiger partial charge in [-0.1, -0.05) is 95.5 Å². The summed E-state index contributed by atoms with van der Waals surface area (Å²) in [4.78, 5) is 0. The highest BCUT2D eigenvalue weighted by Crippen LogP contribution is 2.38. The normalized spacial score (nSPS) is 12.1. The van der Waals surface area contributed by atoms with E-state index in [1.807, 2.05) is 30.3 Å². The van der Waals surface area contributed by atoms with Gasteiger partial charge >= 0.3 is 0 Å². The van der Waals surface area contributed by atoms with Gasteiger partial charge in [-0.25, -0.2) is 0 Å². The van der Waals surface area contributed by atoms with Crippen LogP contribution in [0.4, 0.5) is 0 Å². The Morgan fingerprint density at radius 3 is 2.04 bits per heavy atom. The molecule has 1 atom stereocenters. The van der Waals surface area contributed by atoms with Crippen molar-refractivity contribution in [3.8, 4) is 17.2 Å². The summed E-state index contributed by atoms with van der Waals surface area (Å²) in [6.45, 7) is 4.52. The largest absolute Gasteiger partial charge is 0.504 e. The lowest BCUT2D eigenvalue weighted by molar-refractivity contribution is 0.402. The van der Waals surface area contributed by atoms with Crippen LogP contribution in [0.15, 0.2) is 48.5 Å². The van der Waals surface area contributed by atoms with Crippen molar-refractivity contribution in [3.63, 3.8) is 0 Å². The third-order valence-electron chi connectivity index (χ3n) is 5.26. The molecule has 0 aliphatic heterocycles. The Balaban J connectivity index is 2.06. The number of ether oxygens (including phenoxy) is 1. The summed E-state index contributed by atoms with van der Waals surface area (Å²) >= 11 is 0. The minimum absolute atomic E-state index is 0.188. The molecule has 1 N–H and O–H groups in total. The second-order valence-electron chi connectivity index (χ2n) is 7.50. The molecule has 148 valence electrons. The number of hydrogen-bond acceptors (Lipinski definition) is 2. The first-order valence-corrected chi connectivity index (χ1v) is 10.8. The maximum atomic E-state index is 10.1. The Labute approximate surface area is 165 Å². The fourth-order valence-electron chi connectivity index (χ4n) is 3.65. The Hall–Kier alpha value is -1.96. The molecule has 2 aromatic rings. The van der Waals surface area contributed by atoms with Crippen LogP contribution in [0.5, 0.6) is 17.2 Å². The van der Waals surface area contributed by atoms with Gasteiger partial charge in [0, 0.05) is 0 Å². The standard InChI is InChI=1S/C25H36O2/c1-3-5-7-8-9-10-16-21(15-6-4-2)22-17-11-13-19-24(22)27-25-20-14-12-18-23(25)26/h11-14,17-21,26H,3-10,15-16H2,1-2H3. The number of benzene rings is 2. The van der Waals surface area contributed by atoms with E-state index in [1.54, 1.807) is 6.07 Å². The minimum atomic E-state index is 0.188. The molecule has 0 fully saturated rings. The molecule has 2 heteroatoms. The molecular weight excluding hydrogens is 332 g/mol. The van der Waals surface area contributed by atoms with E-state index >= 15 is 0 Å². The van der Waals surface area contributed by atoms with E-state index in [0.717, 1.165) is 5.75 Å².